The van der Waals surface area contributed by atoms with E-state index in [1.54, 1.807) is 36.4 Å². The van der Waals surface area contributed by atoms with E-state index in [9.17, 15) is 19.2 Å². The van der Waals surface area contributed by atoms with Crippen molar-refractivity contribution < 1.29 is 19.2 Å². The van der Waals surface area contributed by atoms with Crippen LogP contribution in [0.5, 0.6) is 0 Å². The molecule has 8 nitrogen and oxygen atoms in total. The highest BCUT2D eigenvalue weighted by atomic mass is 35.5. The Balaban J connectivity index is 1.65. The number of hydrogen-bond acceptors (Lipinski definition) is 6. The first-order valence-electron chi connectivity index (χ1n) is 9.95. The maximum atomic E-state index is 12.0. The normalized spacial score (nSPS) is 10.1. The van der Waals surface area contributed by atoms with Gasteiger partial charge in [0.25, 0.3) is 10.5 Å². The summed E-state index contributed by atoms with van der Waals surface area (Å²) in [6.45, 7) is 0. The third kappa shape index (κ3) is 9.92. The lowest BCUT2D eigenvalue weighted by Gasteiger charge is -2.11. The summed E-state index contributed by atoms with van der Waals surface area (Å²) in [5.41, 5.74) is 1.62. The monoisotopic (exact) mass is 538 g/mol. The molecule has 0 heterocycles. The Morgan fingerprint density at radius 1 is 0.676 bits per heavy atom. The van der Waals surface area contributed by atoms with E-state index in [1.807, 2.05) is 0 Å². The van der Waals surface area contributed by atoms with E-state index >= 15 is 0 Å². The minimum Gasteiger partial charge on any atom is -0.332 e. The Hall–Kier alpha value is -2.92. The van der Waals surface area contributed by atoms with Crippen molar-refractivity contribution in [2.45, 2.75) is 25.7 Å². The molecule has 2 rings (SSSR count). The Kier molecular flexibility index (Phi) is 11.0. The molecule has 0 fully saturated rings. The van der Waals surface area contributed by atoms with Crippen LogP contribution in [0, 0.1) is 0 Å². The number of amides is 2. The van der Waals surface area contributed by atoms with Crippen molar-refractivity contribution >= 4 is 91.5 Å². The smallest absolute Gasteiger partial charge is 0.252 e. The molecule has 34 heavy (non-hydrogen) atoms. The topological polar surface area (TPSA) is 116 Å². The summed E-state index contributed by atoms with van der Waals surface area (Å²) >= 11 is 21.1. The third-order valence-electron chi connectivity index (χ3n) is 4.26. The zero-order chi connectivity index (χ0) is 25.1. The van der Waals surface area contributed by atoms with E-state index in [0.29, 0.717) is 35.3 Å². The fourth-order valence-electron chi connectivity index (χ4n) is 2.71. The number of nitrogens with one attached hydrogen (secondary N) is 4. The summed E-state index contributed by atoms with van der Waals surface area (Å²) in [4.78, 5) is 46.5. The quantitative estimate of drug-likeness (QED) is 0.212. The Labute approximate surface area is 216 Å². The minimum atomic E-state index is -0.601. The molecule has 12 heteroatoms. The molecule has 0 aliphatic rings. The molecule has 2 amide bonds. The second kappa shape index (κ2) is 13.7. The van der Waals surface area contributed by atoms with Crippen LogP contribution in [0.2, 0.25) is 0 Å². The fourth-order valence-corrected chi connectivity index (χ4v) is 3.41. The molecule has 2 aromatic rings. The van der Waals surface area contributed by atoms with Crippen LogP contribution < -0.4 is 21.3 Å². The number of unbranched alkanes of at least 4 members (excludes halogenated alkanes) is 1. The van der Waals surface area contributed by atoms with Crippen molar-refractivity contribution in [3.05, 3.63) is 59.7 Å². The second-order valence-corrected chi connectivity index (χ2v) is 8.42. The van der Waals surface area contributed by atoms with Gasteiger partial charge in [-0.05, 0) is 96.9 Å². The van der Waals surface area contributed by atoms with Crippen LogP contribution in [0.25, 0.3) is 0 Å². The summed E-state index contributed by atoms with van der Waals surface area (Å²) in [6, 6.07) is 12.8. The van der Waals surface area contributed by atoms with Gasteiger partial charge in [-0.3, -0.25) is 19.2 Å². The molecular formula is C22H20Cl2N4O4S2. The predicted octanol–water partition coefficient (Wildman–Crippen LogP) is 4.33. The summed E-state index contributed by atoms with van der Waals surface area (Å²) in [7, 11) is 0. The number of benzene rings is 2. The molecule has 0 aliphatic carbocycles. The first kappa shape index (κ1) is 27.3. The van der Waals surface area contributed by atoms with E-state index in [-0.39, 0.29) is 34.9 Å². The molecule has 0 unspecified atom stereocenters. The van der Waals surface area contributed by atoms with Crippen LogP contribution in [0.15, 0.2) is 48.5 Å². The van der Waals surface area contributed by atoms with E-state index < -0.39 is 10.5 Å². The van der Waals surface area contributed by atoms with Crippen LogP contribution in [0.4, 0.5) is 11.4 Å². The van der Waals surface area contributed by atoms with E-state index in [4.69, 9.17) is 47.6 Å². The van der Waals surface area contributed by atoms with Crippen molar-refractivity contribution in [1.82, 2.24) is 10.6 Å². The van der Waals surface area contributed by atoms with Crippen LogP contribution in [-0.4, -0.2) is 32.5 Å². The average molecular weight is 539 g/mol. The summed E-state index contributed by atoms with van der Waals surface area (Å²) in [6.07, 6.45) is 1.24. The van der Waals surface area contributed by atoms with Crippen LogP contribution in [0.3, 0.4) is 0 Å². The molecule has 0 aromatic heterocycles. The molecule has 0 bridgehead atoms. The maximum absolute atomic E-state index is 12.0. The number of halogens is 2. The number of rotatable bonds is 9. The van der Waals surface area contributed by atoms with Gasteiger partial charge >= 0.3 is 0 Å². The lowest BCUT2D eigenvalue weighted by atomic mass is 10.2. The van der Waals surface area contributed by atoms with E-state index in [1.165, 1.54) is 12.1 Å². The molecule has 0 spiro atoms. The maximum Gasteiger partial charge on any atom is 0.252 e. The molecule has 4 N–H and O–H groups in total. The number of carbonyl (C=O) groups excluding carboxylic acids is 4. The SMILES string of the molecule is O=C(CCCCC(=O)NC(=S)Nc1cccc(C(=O)Cl)c1)NC(=S)Nc1cccc(C(=O)Cl)c1. The Bertz CT molecular complexity index is 1040. The zero-order valence-electron chi connectivity index (χ0n) is 17.7. The summed E-state index contributed by atoms with van der Waals surface area (Å²) in [5.74, 6) is -0.623. The van der Waals surface area contributed by atoms with Crippen LogP contribution >= 0.6 is 47.6 Å². The number of thiocarbonyl (C=S) groups is 2. The Morgan fingerprint density at radius 3 is 1.41 bits per heavy atom. The molecule has 0 saturated carbocycles. The van der Waals surface area contributed by atoms with Gasteiger partial charge in [0.2, 0.25) is 11.8 Å². The standard InChI is InChI=1S/C22H20Cl2N4O4S2/c23-19(31)13-5-3-7-15(11-13)25-21(33)27-17(29)9-1-2-10-18(30)28-22(34)26-16-8-4-6-14(12-16)20(24)32/h3-8,11-12H,1-2,9-10H2,(H2,25,27,29,33)(H2,26,28,30,34). The molecule has 0 saturated heterocycles. The van der Waals surface area contributed by atoms with Crippen molar-refractivity contribution in [3.63, 3.8) is 0 Å². The fraction of sp³-hybridized carbons (Fsp3) is 0.182. The van der Waals surface area contributed by atoms with Crippen molar-refractivity contribution in [1.29, 1.82) is 0 Å². The molecule has 0 radical (unpaired) electrons. The van der Waals surface area contributed by atoms with Gasteiger partial charge in [-0.15, -0.1) is 0 Å². The highest BCUT2D eigenvalue weighted by Gasteiger charge is 2.09. The number of hydrogen-bond donors (Lipinski definition) is 4. The largest absolute Gasteiger partial charge is 0.332 e. The van der Waals surface area contributed by atoms with Gasteiger partial charge in [-0.2, -0.15) is 0 Å². The summed E-state index contributed by atoms with van der Waals surface area (Å²) in [5, 5.41) is 9.64. The van der Waals surface area contributed by atoms with Crippen LogP contribution in [-0.2, 0) is 9.59 Å². The molecule has 178 valence electrons. The lowest BCUT2D eigenvalue weighted by molar-refractivity contribution is -0.121. The number of anilines is 2. The highest BCUT2D eigenvalue weighted by Crippen LogP contribution is 2.13. The predicted molar refractivity (Wildman–Crippen MR) is 140 cm³/mol. The van der Waals surface area contributed by atoms with Crippen molar-refractivity contribution in [3.8, 4) is 0 Å². The minimum absolute atomic E-state index is 0.0817. The Morgan fingerprint density at radius 2 is 1.06 bits per heavy atom. The summed E-state index contributed by atoms with van der Waals surface area (Å²) < 4.78 is 0. The first-order chi connectivity index (χ1) is 16.1. The lowest BCUT2D eigenvalue weighted by Crippen LogP contribution is -2.34. The van der Waals surface area contributed by atoms with Gasteiger partial charge < -0.3 is 21.3 Å². The van der Waals surface area contributed by atoms with Crippen molar-refractivity contribution in [2.75, 3.05) is 10.6 Å². The van der Waals surface area contributed by atoms with E-state index in [2.05, 4.69) is 21.3 Å². The van der Waals surface area contributed by atoms with Gasteiger partial charge in [0.15, 0.2) is 10.2 Å². The molecule has 0 aliphatic heterocycles. The van der Waals surface area contributed by atoms with Crippen molar-refractivity contribution in [2.24, 2.45) is 0 Å². The van der Waals surface area contributed by atoms with Gasteiger partial charge in [0.05, 0.1) is 0 Å². The zero-order valence-corrected chi connectivity index (χ0v) is 20.8. The van der Waals surface area contributed by atoms with Gasteiger partial charge in [-0.25, -0.2) is 0 Å². The number of carbonyl (C=O) groups is 4. The van der Waals surface area contributed by atoms with Crippen LogP contribution in [0.1, 0.15) is 46.4 Å². The third-order valence-corrected chi connectivity index (χ3v) is 5.10. The second-order valence-electron chi connectivity index (χ2n) is 6.92. The van der Waals surface area contributed by atoms with Gasteiger partial charge in [-0.1, -0.05) is 12.1 Å². The van der Waals surface area contributed by atoms with Gasteiger partial charge in [0, 0.05) is 35.3 Å². The highest BCUT2D eigenvalue weighted by molar-refractivity contribution is 7.80. The molecule has 0 atom stereocenters. The first-order valence-corrected chi connectivity index (χ1v) is 11.5. The van der Waals surface area contributed by atoms with Gasteiger partial charge in [0.1, 0.15) is 0 Å². The van der Waals surface area contributed by atoms with E-state index in [0.717, 1.165) is 0 Å². The molecular weight excluding hydrogens is 519 g/mol. The molecule has 2 aromatic carbocycles. The average Bonchev–Trinajstić information content (AvgIpc) is 2.76.